The molecule has 3 rings (SSSR count). The summed E-state index contributed by atoms with van der Waals surface area (Å²) >= 11 is 0. The van der Waals surface area contributed by atoms with Crippen molar-refractivity contribution in [2.75, 3.05) is 0 Å². The molecule has 0 radical (unpaired) electrons. The second-order valence-corrected chi connectivity index (χ2v) is 7.63. The van der Waals surface area contributed by atoms with Crippen molar-refractivity contribution >= 4 is 0 Å². The molecule has 0 bridgehead atoms. The van der Waals surface area contributed by atoms with Gasteiger partial charge in [0, 0.05) is 0 Å². The Kier molecular flexibility index (Phi) is 3.45. The molecule has 0 aromatic carbocycles. The van der Waals surface area contributed by atoms with Gasteiger partial charge in [-0.05, 0) is 54.3 Å². The van der Waals surface area contributed by atoms with Gasteiger partial charge in [0.15, 0.2) is 0 Å². The van der Waals surface area contributed by atoms with Crippen LogP contribution in [0.1, 0.15) is 74.1 Å². The highest BCUT2D eigenvalue weighted by atomic mass is 14.6. The first-order valence-corrected chi connectivity index (χ1v) is 8.08. The van der Waals surface area contributed by atoms with Crippen molar-refractivity contribution in [3.05, 3.63) is 11.1 Å². The number of rotatable bonds is 0. The zero-order valence-corrected chi connectivity index (χ0v) is 13.6. The van der Waals surface area contributed by atoms with Gasteiger partial charge >= 0.3 is 0 Å². The summed E-state index contributed by atoms with van der Waals surface area (Å²) in [5.74, 6) is 2.77. The molecular weight excluding hydrogens is 216 g/mol. The van der Waals surface area contributed by atoms with Crippen LogP contribution in [0, 0.1) is 28.6 Å². The van der Waals surface area contributed by atoms with Crippen LogP contribution >= 0.6 is 0 Å². The average Bonchev–Trinajstić information content (AvgIpc) is 2.52. The van der Waals surface area contributed by atoms with E-state index in [9.17, 15) is 0 Å². The average molecular weight is 248 g/mol. The van der Waals surface area contributed by atoms with Crippen molar-refractivity contribution in [1.29, 1.82) is 0 Å². The first-order chi connectivity index (χ1) is 8.36. The van der Waals surface area contributed by atoms with Gasteiger partial charge in [0.1, 0.15) is 0 Å². The Morgan fingerprint density at radius 1 is 1.06 bits per heavy atom. The lowest BCUT2D eigenvalue weighted by Gasteiger charge is -2.55. The van der Waals surface area contributed by atoms with Gasteiger partial charge < -0.3 is 0 Å². The van der Waals surface area contributed by atoms with Crippen molar-refractivity contribution < 1.29 is 0 Å². The Hall–Kier alpha value is -0.260. The lowest BCUT2D eigenvalue weighted by molar-refractivity contribution is 0.0276. The van der Waals surface area contributed by atoms with Crippen molar-refractivity contribution in [1.82, 2.24) is 0 Å². The molecule has 4 atom stereocenters. The van der Waals surface area contributed by atoms with Crippen molar-refractivity contribution in [3.63, 3.8) is 0 Å². The zero-order valence-electron chi connectivity index (χ0n) is 13.6. The zero-order chi connectivity index (χ0) is 13.7. The highest BCUT2D eigenvalue weighted by molar-refractivity contribution is 5.37. The predicted octanol–water partition coefficient (Wildman–Crippen LogP) is 5.83. The van der Waals surface area contributed by atoms with Crippen LogP contribution in [-0.2, 0) is 0 Å². The van der Waals surface area contributed by atoms with Crippen LogP contribution in [0.4, 0.5) is 0 Å². The van der Waals surface area contributed by atoms with E-state index in [1.165, 1.54) is 25.7 Å². The third-order valence-electron chi connectivity index (χ3n) is 6.43. The third-order valence-corrected chi connectivity index (χ3v) is 6.43. The fourth-order valence-corrected chi connectivity index (χ4v) is 4.84. The van der Waals surface area contributed by atoms with Crippen molar-refractivity contribution in [3.8, 4) is 0 Å². The topological polar surface area (TPSA) is 0 Å². The highest BCUT2D eigenvalue weighted by Gasteiger charge is 2.55. The van der Waals surface area contributed by atoms with Gasteiger partial charge in [-0.25, -0.2) is 0 Å². The minimum Gasteiger partial charge on any atom is -0.0683 e. The second-order valence-electron chi connectivity index (χ2n) is 7.63. The maximum Gasteiger partial charge on any atom is -0.00824 e. The molecule has 1 fully saturated rings. The molecule has 0 heterocycles. The second kappa shape index (κ2) is 4.39. The molecular formula is C18H32. The molecule has 1 saturated carbocycles. The Bertz CT molecular complexity index is 360. The van der Waals surface area contributed by atoms with Crippen LogP contribution in [0.5, 0.6) is 0 Å². The van der Waals surface area contributed by atoms with E-state index in [0.717, 1.165) is 17.8 Å². The summed E-state index contributed by atoms with van der Waals surface area (Å²) in [6.07, 6.45) is 5.73. The molecule has 18 heavy (non-hydrogen) atoms. The molecule has 0 amide bonds. The first-order valence-electron chi connectivity index (χ1n) is 8.08. The fraction of sp³-hybridized carbons (Fsp3) is 0.889. The van der Waals surface area contributed by atoms with Crippen molar-refractivity contribution in [2.45, 2.75) is 74.1 Å². The number of fused-ring (bicyclic) bond motifs is 2. The Balaban J connectivity index is 0.000000574. The summed E-state index contributed by atoms with van der Waals surface area (Å²) in [6, 6.07) is 0. The van der Waals surface area contributed by atoms with Crippen molar-refractivity contribution in [2.24, 2.45) is 28.6 Å². The molecule has 3 aliphatic carbocycles. The lowest BCUT2D eigenvalue weighted by atomic mass is 9.50. The lowest BCUT2D eigenvalue weighted by Crippen LogP contribution is -2.45. The molecule has 0 heteroatoms. The molecule has 4 unspecified atom stereocenters. The molecule has 0 aliphatic heterocycles. The molecule has 0 aromatic rings. The van der Waals surface area contributed by atoms with Crippen LogP contribution in [0.3, 0.4) is 0 Å². The molecule has 0 N–H and O–H groups in total. The maximum absolute atomic E-state index is 2.56. The van der Waals surface area contributed by atoms with Gasteiger partial charge in [-0.3, -0.25) is 0 Å². The van der Waals surface area contributed by atoms with E-state index in [2.05, 4.69) is 34.6 Å². The minimum absolute atomic E-state index is 0.526. The van der Waals surface area contributed by atoms with Crippen LogP contribution in [0.25, 0.3) is 0 Å². The van der Waals surface area contributed by atoms with E-state index < -0.39 is 0 Å². The van der Waals surface area contributed by atoms with E-state index >= 15 is 0 Å². The normalized spacial score (nSPS) is 44.5. The van der Waals surface area contributed by atoms with Gasteiger partial charge in [0.05, 0.1) is 0 Å². The Morgan fingerprint density at radius 3 is 2.17 bits per heavy atom. The van der Waals surface area contributed by atoms with Crippen LogP contribution in [-0.4, -0.2) is 0 Å². The number of hydrogen-bond acceptors (Lipinski definition) is 0. The smallest absolute Gasteiger partial charge is 0.00824 e. The molecule has 3 aliphatic rings. The van der Waals surface area contributed by atoms with Crippen LogP contribution < -0.4 is 0 Å². The Labute approximate surface area is 114 Å². The highest BCUT2D eigenvalue weighted by Crippen LogP contribution is 2.66. The largest absolute Gasteiger partial charge is 0.0683 e. The summed E-state index contributed by atoms with van der Waals surface area (Å²) in [4.78, 5) is 0. The monoisotopic (exact) mass is 248 g/mol. The summed E-state index contributed by atoms with van der Waals surface area (Å²) < 4.78 is 0. The predicted molar refractivity (Wildman–Crippen MR) is 80.5 cm³/mol. The van der Waals surface area contributed by atoms with Gasteiger partial charge in [-0.1, -0.05) is 59.6 Å². The molecule has 0 spiro atoms. The van der Waals surface area contributed by atoms with Gasteiger partial charge in [0.2, 0.25) is 0 Å². The van der Waals surface area contributed by atoms with Gasteiger partial charge in [-0.2, -0.15) is 0 Å². The van der Waals surface area contributed by atoms with E-state index in [4.69, 9.17) is 0 Å². The third kappa shape index (κ3) is 1.71. The van der Waals surface area contributed by atoms with E-state index in [1.54, 1.807) is 0 Å². The Morgan fingerprint density at radius 2 is 1.67 bits per heavy atom. The molecule has 0 aromatic heterocycles. The summed E-state index contributed by atoms with van der Waals surface area (Å²) in [5.41, 5.74) is 4.88. The molecule has 0 saturated heterocycles. The van der Waals surface area contributed by atoms with Crippen LogP contribution in [0.15, 0.2) is 11.1 Å². The number of hydrogen-bond donors (Lipinski definition) is 0. The van der Waals surface area contributed by atoms with Gasteiger partial charge in [-0.15, -0.1) is 0 Å². The quantitative estimate of drug-likeness (QED) is 0.473. The van der Waals surface area contributed by atoms with E-state index in [1.807, 2.05) is 25.0 Å². The first kappa shape index (κ1) is 14.2. The molecule has 104 valence electrons. The summed E-state index contributed by atoms with van der Waals surface area (Å²) in [6.45, 7) is 16.5. The van der Waals surface area contributed by atoms with E-state index in [0.29, 0.717) is 10.8 Å². The number of allylic oxidation sites excluding steroid dienone is 2. The summed E-state index contributed by atoms with van der Waals surface area (Å²) in [5, 5.41) is 0. The maximum atomic E-state index is 2.56. The summed E-state index contributed by atoms with van der Waals surface area (Å²) in [7, 11) is 0. The molecule has 0 nitrogen and oxygen atoms in total. The van der Waals surface area contributed by atoms with Crippen LogP contribution in [0.2, 0.25) is 0 Å². The van der Waals surface area contributed by atoms with E-state index in [-0.39, 0.29) is 0 Å². The van der Waals surface area contributed by atoms with Gasteiger partial charge in [0.25, 0.3) is 0 Å². The minimum atomic E-state index is 0.526. The standard InChI is InChI=1S/C16H26.C2H6/c1-10-8-12-11(2)15(3,4)9-14(12)16(5)7-6-13(10)16;1-2/h10-11,13H,6-9H2,1-5H3;1-2H3. The SMILES string of the molecule is CC.CC1CC2=C(CC(C)(C)C2C)C2(C)CCC12. The fourth-order valence-electron chi connectivity index (χ4n) is 4.84.